The molecule has 2 aliphatic rings. The third-order valence-corrected chi connectivity index (χ3v) is 3.77. The molecule has 2 atom stereocenters. The number of alkyl halides is 1. The van der Waals surface area contributed by atoms with Crippen molar-refractivity contribution in [2.24, 2.45) is 5.92 Å². The highest BCUT2D eigenvalue weighted by Crippen LogP contribution is 2.56. The highest BCUT2D eigenvalue weighted by atomic mass is 79.9. The average Bonchev–Trinajstić information content (AvgIpc) is 2.67. The van der Waals surface area contributed by atoms with Crippen molar-refractivity contribution in [3.8, 4) is 0 Å². The second-order valence-corrected chi connectivity index (χ2v) is 4.91. The molecule has 0 amide bonds. The van der Waals surface area contributed by atoms with Gasteiger partial charge in [-0.25, -0.2) is 0 Å². The fourth-order valence-electron chi connectivity index (χ4n) is 1.67. The largest absolute Gasteiger partial charge is 0.468 e. The molecule has 0 unspecified atom stereocenters. The number of carbonyl (C=O) groups excluding carboxylic acids is 2. The fraction of sp³-hybridized carbons (Fsp3) is 0.400. The molecule has 0 saturated heterocycles. The van der Waals surface area contributed by atoms with Crippen LogP contribution in [0.3, 0.4) is 0 Å². The summed E-state index contributed by atoms with van der Waals surface area (Å²) in [7, 11) is 1.37. The third kappa shape index (κ3) is 1.34. The number of hydrogen-bond acceptors (Lipinski definition) is 3. The van der Waals surface area contributed by atoms with Crippen LogP contribution in [0.5, 0.6) is 0 Å². The van der Waals surface area contributed by atoms with Crippen LogP contribution in [-0.4, -0.2) is 23.2 Å². The van der Waals surface area contributed by atoms with Crippen LogP contribution >= 0.6 is 15.9 Å². The summed E-state index contributed by atoms with van der Waals surface area (Å²) < 4.78 is 4.08. The van der Waals surface area contributed by atoms with Crippen LogP contribution in [0.1, 0.15) is 6.42 Å². The zero-order valence-electron chi connectivity index (χ0n) is 7.62. The Bertz CT molecular complexity index is 370. The van der Waals surface area contributed by atoms with Gasteiger partial charge in [-0.15, -0.1) is 0 Å². The van der Waals surface area contributed by atoms with Crippen molar-refractivity contribution in [1.82, 2.24) is 0 Å². The molecule has 3 nitrogen and oxygen atoms in total. The Hall–Kier alpha value is -0.900. The molecule has 0 spiro atoms. The van der Waals surface area contributed by atoms with Gasteiger partial charge in [0.2, 0.25) is 0 Å². The van der Waals surface area contributed by atoms with E-state index in [4.69, 9.17) is 0 Å². The molecule has 1 saturated carbocycles. The predicted octanol–water partition coefficient (Wildman–Crippen LogP) is 1.38. The van der Waals surface area contributed by atoms with Gasteiger partial charge in [0.15, 0.2) is 5.78 Å². The standard InChI is InChI=1S/C10H9BrO3/c1-14-9(13)10(11)5-8(10)6-2-3-7(12)4-6/h2-4,8H,5H2,1H3/t8-,10-/m0/s1. The molecular formula is C10H9BrO3. The van der Waals surface area contributed by atoms with Crippen LogP contribution in [0.15, 0.2) is 23.8 Å². The van der Waals surface area contributed by atoms with Crippen LogP contribution in [-0.2, 0) is 14.3 Å². The Morgan fingerprint density at radius 2 is 2.36 bits per heavy atom. The molecule has 0 aliphatic heterocycles. The molecular weight excluding hydrogens is 248 g/mol. The summed E-state index contributed by atoms with van der Waals surface area (Å²) in [6.07, 6.45) is 5.54. The summed E-state index contributed by atoms with van der Waals surface area (Å²) in [5.74, 6) is -0.194. The quantitative estimate of drug-likeness (QED) is 0.554. The van der Waals surface area contributed by atoms with E-state index < -0.39 is 4.32 Å². The van der Waals surface area contributed by atoms with Crippen LogP contribution in [0.25, 0.3) is 0 Å². The molecule has 0 aromatic rings. The van der Waals surface area contributed by atoms with E-state index in [2.05, 4.69) is 20.7 Å². The number of halogens is 1. The molecule has 0 aromatic carbocycles. The van der Waals surface area contributed by atoms with Crippen molar-refractivity contribution < 1.29 is 14.3 Å². The molecule has 0 bridgehead atoms. The Kier molecular flexibility index (Phi) is 2.10. The number of allylic oxidation sites excluding steroid dienone is 4. The van der Waals surface area contributed by atoms with Gasteiger partial charge in [-0.1, -0.05) is 22.0 Å². The zero-order valence-corrected chi connectivity index (χ0v) is 9.21. The number of methoxy groups -OCH3 is 1. The summed E-state index contributed by atoms with van der Waals surface area (Å²) in [5.41, 5.74) is 0.914. The summed E-state index contributed by atoms with van der Waals surface area (Å²) >= 11 is 3.35. The molecule has 0 radical (unpaired) electrons. The Morgan fingerprint density at radius 1 is 1.64 bits per heavy atom. The minimum atomic E-state index is -0.595. The first-order valence-electron chi connectivity index (χ1n) is 4.29. The molecule has 0 N–H and O–H groups in total. The van der Waals surface area contributed by atoms with Gasteiger partial charge in [0, 0.05) is 5.92 Å². The van der Waals surface area contributed by atoms with Crippen molar-refractivity contribution in [2.75, 3.05) is 7.11 Å². The van der Waals surface area contributed by atoms with E-state index in [1.807, 2.05) is 0 Å². The molecule has 0 aromatic heterocycles. The first-order chi connectivity index (χ1) is 6.58. The molecule has 2 rings (SSSR count). The van der Waals surface area contributed by atoms with Crippen molar-refractivity contribution in [2.45, 2.75) is 10.7 Å². The van der Waals surface area contributed by atoms with E-state index in [9.17, 15) is 9.59 Å². The molecule has 0 heterocycles. The Balaban J connectivity index is 2.13. The number of ketones is 1. The third-order valence-electron chi connectivity index (χ3n) is 2.57. The van der Waals surface area contributed by atoms with Gasteiger partial charge in [-0.05, 0) is 24.1 Å². The lowest BCUT2D eigenvalue weighted by Gasteiger charge is -2.05. The van der Waals surface area contributed by atoms with Crippen LogP contribution in [0, 0.1) is 5.92 Å². The predicted molar refractivity (Wildman–Crippen MR) is 54.0 cm³/mol. The van der Waals surface area contributed by atoms with Crippen LogP contribution < -0.4 is 0 Å². The zero-order chi connectivity index (χ0) is 10.3. The van der Waals surface area contributed by atoms with E-state index >= 15 is 0 Å². The minimum absolute atomic E-state index is 0.00776. The van der Waals surface area contributed by atoms with Gasteiger partial charge in [0.25, 0.3) is 0 Å². The lowest BCUT2D eigenvalue weighted by Crippen LogP contribution is -2.19. The van der Waals surface area contributed by atoms with E-state index in [0.717, 1.165) is 5.57 Å². The smallest absolute Gasteiger partial charge is 0.323 e. The average molecular weight is 257 g/mol. The lowest BCUT2D eigenvalue weighted by atomic mass is 10.1. The minimum Gasteiger partial charge on any atom is -0.468 e. The first kappa shape index (κ1) is 9.65. The van der Waals surface area contributed by atoms with Crippen molar-refractivity contribution in [3.05, 3.63) is 23.8 Å². The van der Waals surface area contributed by atoms with E-state index in [-0.39, 0.29) is 17.7 Å². The number of hydrogen-bond donors (Lipinski definition) is 0. The summed E-state index contributed by atoms with van der Waals surface area (Å²) in [6, 6.07) is 0. The molecule has 74 valence electrons. The highest BCUT2D eigenvalue weighted by molar-refractivity contribution is 9.10. The van der Waals surface area contributed by atoms with Crippen molar-refractivity contribution in [1.29, 1.82) is 0 Å². The summed E-state index contributed by atoms with van der Waals surface area (Å²) in [4.78, 5) is 22.3. The Labute approximate surface area is 89.9 Å². The van der Waals surface area contributed by atoms with E-state index in [1.165, 1.54) is 13.2 Å². The maximum absolute atomic E-state index is 11.3. The van der Waals surface area contributed by atoms with E-state index in [0.29, 0.717) is 6.42 Å². The molecule has 14 heavy (non-hydrogen) atoms. The van der Waals surface area contributed by atoms with E-state index in [1.54, 1.807) is 12.2 Å². The molecule has 4 heteroatoms. The first-order valence-corrected chi connectivity index (χ1v) is 5.08. The molecule has 1 fully saturated rings. The molecule has 2 aliphatic carbocycles. The van der Waals surface area contributed by atoms with Gasteiger partial charge in [0.1, 0.15) is 4.32 Å². The second kappa shape index (κ2) is 3.05. The number of rotatable bonds is 2. The summed E-state index contributed by atoms with van der Waals surface area (Å²) in [6.45, 7) is 0. The van der Waals surface area contributed by atoms with Crippen molar-refractivity contribution in [3.63, 3.8) is 0 Å². The number of esters is 1. The normalized spacial score (nSPS) is 34.3. The number of carbonyl (C=O) groups is 2. The highest BCUT2D eigenvalue weighted by Gasteiger charge is 2.60. The van der Waals surface area contributed by atoms with Crippen molar-refractivity contribution >= 4 is 27.7 Å². The SMILES string of the molecule is COC(=O)[C@]1(Br)C[C@H]1C1=CC(=O)C=C1. The van der Waals surface area contributed by atoms with Gasteiger partial charge in [-0.2, -0.15) is 0 Å². The van der Waals surface area contributed by atoms with Gasteiger partial charge < -0.3 is 4.74 Å². The topological polar surface area (TPSA) is 43.4 Å². The fourth-order valence-corrected chi connectivity index (χ4v) is 2.42. The maximum atomic E-state index is 11.3. The van der Waals surface area contributed by atoms with Gasteiger partial charge in [-0.3, -0.25) is 9.59 Å². The Morgan fingerprint density at radius 3 is 2.86 bits per heavy atom. The van der Waals surface area contributed by atoms with Crippen LogP contribution in [0.4, 0.5) is 0 Å². The lowest BCUT2D eigenvalue weighted by molar-refractivity contribution is -0.140. The van der Waals surface area contributed by atoms with Gasteiger partial charge >= 0.3 is 5.97 Å². The van der Waals surface area contributed by atoms with Gasteiger partial charge in [0.05, 0.1) is 7.11 Å². The second-order valence-electron chi connectivity index (χ2n) is 3.49. The number of ether oxygens (including phenoxy) is 1. The van der Waals surface area contributed by atoms with Crippen LogP contribution in [0.2, 0.25) is 0 Å². The monoisotopic (exact) mass is 256 g/mol. The summed E-state index contributed by atoms with van der Waals surface area (Å²) in [5, 5.41) is 0. The maximum Gasteiger partial charge on any atom is 0.323 e.